The molecular formula is C51H98O6. The zero-order chi connectivity index (χ0) is 42.0. The van der Waals surface area contributed by atoms with Gasteiger partial charge in [-0.15, -0.1) is 0 Å². The standard InChI is InChI=1S/C51H98O6/c1-45(2)37-31-25-19-15-12-10-8-7-9-11-13-17-21-28-34-40-49(52)55-43-48(57-51(54)42-36-30-24-23-27-33-39-47(5)6)44-56-50(53)41-35-29-22-18-14-16-20-26-32-38-46(3)4/h45-48H,7-44H2,1-6H3/t48-/m1/s1. The summed E-state index contributed by atoms with van der Waals surface area (Å²) in [5, 5.41) is 0. The van der Waals surface area contributed by atoms with Crippen LogP contribution in [0.4, 0.5) is 0 Å². The van der Waals surface area contributed by atoms with Gasteiger partial charge < -0.3 is 14.2 Å². The lowest BCUT2D eigenvalue weighted by Gasteiger charge is -2.18. The highest BCUT2D eigenvalue weighted by atomic mass is 16.6. The Bertz CT molecular complexity index is 883. The molecule has 338 valence electrons. The summed E-state index contributed by atoms with van der Waals surface area (Å²) in [6.45, 7) is 13.6. The lowest BCUT2D eigenvalue weighted by Crippen LogP contribution is -2.30. The van der Waals surface area contributed by atoms with Gasteiger partial charge in [0.1, 0.15) is 13.2 Å². The van der Waals surface area contributed by atoms with E-state index in [9.17, 15) is 14.4 Å². The Labute approximate surface area is 355 Å². The number of rotatable bonds is 44. The third-order valence-corrected chi connectivity index (χ3v) is 11.4. The number of hydrogen-bond donors (Lipinski definition) is 0. The molecule has 57 heavy (non-hydrogen) atoms. The van der Waals surface area contributed by atoms with E-state index in [0.717, 1.165) is 75.5 Å². The summed E-state index contributed by atoms with van der Waals surface area (Å²) in [4.78, 5) is 37.8. The zero-order valence-electron chi connectivity index (χ0n) is 39.1. The number of esters is 3. The highest BCUT2D eigenvalue weighted by Gasteiger charge is 2.19. The molecule has 0 saturated carbocycles. The highest BCUT2D eigenvalue weighted by molar-refractivity contribution is 5.71. The minimum atomic E-state index is -0.762. The molecule has 6 nitrogen and oxygen atoms in total. The first kappa shape index (κ1) is 55.4. The van der Waals surface area contributed by atoms with Crippen LogP contribution >= 0.6 is 0 Å². The van der Waals surface area contributed by atoms with Crippen molar-refractivity contribution in [1.82, 2.24) is 0 Å². The number of ether oxygens (including phenoxy) is 3. The highest BCUT2D eigenvalue weighted by Crippen LogP contribution is 2.17. The first-order chi connectivity index (χ1) is 27.6. The predicted molar refractivity (Wildman–Crippen MR) is 243 cm³/mol. The second-order valence-corrected chi connectivity index (χ2v) is 18.9. The van der Waals surface area contributed by atoms with Gasteiger partial charge in [-0.1, -0.05) is 234 Å². The van der Waals surface area contributed by atoms with Crippen molar-refractivity contribution < 1.29 is 28.6 Å². The van der Waals surface area contributed by atoms with Crippen molar-refractivity contribution in [3.05, 3.63) is 0 Å². The van der Waals surface area contributed by atoms with Crippen molar-refractivity contribution in [1.29, 1.82) is 0 Å². The SMILES string of the molecule is CC(C)CCCCCCCCCCCCCCCCCC(=O)OC[C@H](COC(=O)CCCCCCCCCCCC(C)C)OC(=O)CCCCCCCCC(C)C. The molecule has 0 spiro atoms. The van der Waals surface area contributed by atoms with Gasteiger partial charge in [-0.3, -0.25) is 14.4 Å². The van der Waals surface area contributed by atoms with Gasteiger partial charge in [-0.25, -0.2) is 0 Å². The van der Waals surface area contributed by atoms with Crippen LogP contribution in [0.25, 0.3) is 0 Å². The fourth-order valence-corrected chi connectivity index (χ4v) is 7.59. The molecule has 0 fully saturated rings. The van der Waals surface area contributed by atoms with Crippen molar-refractivity contribution in [3.8, 4) is 0 Å². The van der Waals surface area contributed by atoms with Crippen LogP contribution < -0.4 is 0 Å². The monoisotopic (exact) mass is 807 g/mol. The van der Waals surface area contributed by atoms with Gasteiger partial charge in [0.25, 0.3) is 0 Å². The van der Waals surface area contributed by atoms with Gasteiger partial charge in [-0.05, 0) is 37.0 Å². The zero-order valence-corrected chi connectivity index (χ0v) is 39.1. The molecule has 1 atom stereocenters. The first-order valence-electron chi connectivity index (χ1n) is 25.1. The van der Waals surface area contributed by atoms with Gasteiger partial charge in [-0.2, -0.15) is 0 Å². The first-order valence-corrected chi connectivity index (χ1v) is 25.1. The smallest absolute Gasteiger partial charge is 0.306 e. The molecule has 0 N–H and O–H groups in total. The quantitative estimate of drug-likeness (QED) is 0.0347. The van der Waals surface area contributed by atoms with Crippen LogP contribution in [0.1, 0.15) is 273 Å². The average molecular weight is 807 g/mol. The summed E-state index contributed by atoms with van der Waals surface area (Å²) < 4.78 is 16.8. The topological polar surface area (TPSA) is 78.9 Å². The molecule has 0 unspecified atom stereocenters. The number of unbranched alkanes of at least 4 members (excludes halogenated alkanes) is 27. The lowest BCUT2D eigenvalue weighted by atomic mass is 10.0. The van der Waals surface area contributed by atoms with Gasteiger partial charge in [0.05, 0.1) is 0 Å². The molecule has 0 saturated heterocycles. The van der Waals surface area contributed by atoms with Crippen LogP contribution in [-0.4, -0.2) is 37.2 Å². The van der Waals surface area contributed by atoms with Crippen LogP contribution in [0.2, 0.25) is 0 Å². The van der Waals surface area contributed by atoms with E-state index in [1.54, 1.807) is 0 Å². The summed E-state index contributed by atoms with van der Waals surface area (Å²) in [5.41, 5.74) is 0. The largest absolute Gasteiger partial charge is 0.462 e. The maximum atomic E-state index is 12.7. The maximum absolute atomic E-state index is 12.7. The van der Waals surface area contributed by atoms with Crippen molar-refractivity contribution in [2.75, 3.05) is 13.2 Å². The van der Waals surface area contributed by atoms with Crippen molar-refractivity contribution in [3.63, 3.8) is 0 Å². The van der Waals surface area contributed by atoms with E-state index in [1.165, 1.54) is 154 Å². The van der Waals surface area contributed by atoms with E-state index in [2.05, 4.69) is 41.5 Å². The molecule has 0 aromatic heterocycles. The second-order valence-electron chi connectivity index (χ2n) is 18.9. The molecule has 0 aliphatic rings. The van der Waals surface area contributed by atoms with Crippen molar-refractivity contribution >= 4 is 17.9 Å². The van der Waals surface area contributed by atoms with E-state index in [1.807, 2.05) is 0 Å². The molecule has 0 aliphatic carbocycles. The fourth-order valence-electron chi connectivity index (χ4n) is 7.59. The predicted octanol–water partition coefficient (Wildman–Crippen LogP) is 16.0. The van der Waals surface area contributed by atoms with E-state index in [4.69, 9.17) is 14.2 Å². The Hall–Kier alpha value is -1.59. The maximum Gasteiger partial charge on any atom is 0.306 e. The average Bonchev–Trinajstić information content (AvgIpc) is 3.16. The van der Waals surface area contributed by atoms with E-state index in [-0.39, 0.29) is 31.1 Å². The van der Waals surface area contributed by atoms with Gasteiger partial charge in [0.2, 0.25) is 0 Å². The van der Waals surface area contributed by atoms with E-state index >= 15 is 0 Å². The molecule has 0 aliphatic heterocycles. The van der Waals surface area contributed by atoms with Crippen LogP contribution in [0.15, 0.2) is 0 Å². The van der Waals surface area contributed by atoms with Crippen LogP contribution in [0, 0.1) is 17.8 Å². The molecule has 0 bridgehead atoms. The normalized spacial score (nSPS) is 12.2. The number of carbonyl (C=O) groups is 3. The molecule has 0 aromatic carbocycles. The Morgan fingerprint density at radius 3 is 0.754 bits per heavy atom. The molecule has 6 heteroatoms. The molecule has 0 aromatic rings. The lowest BCUT2D eigenvalue weighted by molar-refractivity contribution is -0.167. The summed E-state index contributed by atoms with van der Waals surface area (Å²) in [5.74, 6) is 1.56. The third kappa shape index (κ3) is 45.3. The van der Waals surface area contributed by atoms with Crippen LogP contribution in [0.3, 0.4) is 0 Å². The summed E-state index contributed by atoms with van der Waals surface area (Å²) in [6.07, 6.45) is 41.1. The minimum absolute atomic E-state index is 0.0660. The third-order valence-electron chi connectivity index (χ3n) is 11.4. The summed E-state index contributed by atoms with van der Waals surface area (Å²) in [7, 11) is 0. The molecule has 0 heterocycles. The Morgan fingerprint density at radius 2 is 0.509 bits per heavy atom. The summed E-state index contributed by atoms with van der Waals surface area (Å²) >= 11 is 0. The molecule has 0 amide bonds. The van der Waals surface area contributed by atoms with Gasteiger partial charge in [0.15, 0.2) is 6.10 Å². The van der Waals surface area contributed by atoms with E-state index in [0.29, 0.717) is 19.3 Å². The van der Waals surface area contributed by atoms with Crippen LogP contribution in [-0.2, 0) is 28.6 Å². The molecule has 0 rings (SSSR count). The van der Waals surface area contributed by atoms with Gasteiger partial charge in [0, 0.05) is 19.3 Å². The Morgan fingerprint density at radius 1 is 0.298 bits per heavy atom. The number of carbonyl (C=O) groups excluding carboxylic acids is 3. The minimum Gasteiger partial charge on any atom is -0.462 e. The molecular weight excluding hydrogens is 709 g/mol. The van der Waals surface area contributed by atoms with Crippen molar-refractivity contribution in [2.45, 2.75) is 279 Å². The Kier molecular flexibility index (Phi) is 41.3. The summed E-state index contributed by atoms with van der Waals surface area (Å²) in [6, 6.07) is 0. The van der Waals surface area contributed by atoms with Gasteiger partial charge >= 0.3 is 17.9 Å². The second kappa shape index (κ2) is 42.5. The number of hydrogen-bond acceptors (Lipinski definition) is 6. The fraction of sp³-hybridized carbons (Fsp3) is 0.941. The van der Waals surface area contributed by atoms with Crippen LogP contribution in [0.5, 0.6) is 0 Å². The van der Waals surface area contributed by atoms with Crippen molar-refractivity contribution in [2.24, 2.45) is 17.8 Å². The Balaban J connectivity index is 4.23. The van der Waals surface area contributed by atoms with E-state index < -0.39 is 6.10 Å². The molecule has 0 radical (unpaired) electrons.